The highest BCUT2D eigenvalue weighted by Gasteiger charge is 2.39. The van der Waals surface area contributed by atoms with Crippen molar-refractivity contribution in [2.45, 2.75) is 18.8 Å². The molecule has 1 aromatic heterocycles. The fraction of sp³-hybridized carbons (Fsp3) is 0.250. The summed E-state index contributed by atoms with van der Waals surface area (Å²) < 4.78 is 45.8. The van der Waals surface area contributed by atoms with E-state index in [1.807, 2.05) is 6.92 Å². The molecule has 164 valence electrons. The van der Waals surface area contributed by atoms with E-state index in [1.54, 1.807) is 24.3 Å². The van der Waals surface area contributed by atoms with Crippen LogP contribution in [0.15, 0.2) is 53.1 Å². The van der Waals surface area contributed by atoms with Crippen molar-refractivity contribution >= 4 is 5.91 Å². The molecule has 2 aromatic carbocycles. The fourth-order valence-electron chi connectivity index (χ4n) is 2.65. The van der Waals surface area contributed by atoms with Crippen molar-refractivity contribution < 1.29 is 37.4 Å². The van der Waals surface area contributed by atoms with Crippen molar-refractivity contribution in [2.24, 2.45) is 0 Å². The fourth-order valence-corrected chi connectivity index (χ4v) is 2.65. The first-order valence-corrected chi connectivity index (χ1v) is 8.97. The van der Waals surface area contributed by atoms with Gasteiger partial charge in [0.25, 0.3) is 11.8 Å². The maximum absolute atomic E-state index is 12.6. The van der Waals surface area contributed by atoms with Gasteiger partial charge in [-0.25, -0.2) is 0 Å². The van der Waals surface area contributed by atoms with E-state index in [1.165, 1.54) is 12.1 Å². The van der Waals surface area contributed by atoms with E-state index >= 15 is 0 Å². The number of alkyl halides is 3. The molecule has 0 saturated carbocycles. The molecule has 0 atom stereocenters. The van der Waals surface area contributed by atoms with Gasteiger partial charge in [0.15, 0.2) is 5.54 Å². The van der Waals surface area contributed by atoms with Crippen LogP contribution in [0.1, 0.15) is 21.8 Å². The molecule has 8 nitrogen and oxygen atoms in total. The molecule has 0 aliphatic heterocycles. The number of halogens is 3. The van der Waals surface area contributed by atoms with E-state index < -0.39 is 36.8 Å². The zero-order valence-electron chi connectivity index (χ0n) is 16.2. The van der Waals surface area contributed by atoms with Crippen molar-refractivity contribution in [1.29, 1.82) is 0 Å². The number of aliphatic hydroxyl groups excluding tert-OH is 2. The molecule has 1 amide bonds. The van der Waals surface area contributed by atoms with Crippen LogP contribution in [0.5, 0.6) is 5.75 Å². The molecule has 11 heteroatoms. The maximum atomic E-state index is 12.6. The third-order valence-corrected chi connectivity index (χ3v) is 4.39. The minimum atomic E-state index is -4.82. The van der Waals surface area contributed by atoms with Gasteiger partial charge in [-0.05, 0) is 43.3 Å². The van der Waals surface area contributed by atoms with Gasteiger partial charge < -0.3 is 24.8 Å². The number of nitrogens with one attached hydrogen (secondary N) is 1. The predicted molar refractivity (Wildman–Crippen MR) is 101 cm³/mol. The Morgan fingerprint density at radius 1 is 1.06 bits per heavy atom. The third kappa shape index (κ3) is 5.19. The molecule has 0 radical (unpaired) electrons. The second kappa shape index (κ2) is 8.74. The number of ether oxygens (including phenoxy) is 1. The molecule has 0 aliphatic carbocycles. The van der Waals surface area contributed by atoms with Gasteiger partial charge in [0.05, 0.1) is 13.2 Å². The molecule has 0 saturated heterocycles. The number of benzene rings is 2. The van der Waals surface area contributed by atoms with E-state index in [0.717, 1.165) is 17.7 Å². The summed E-state index contributed by atoms with van der Waals surface area (Å²) in [6, 6.07) is 11.3. The van der Waals surface area contributed by atoms with Crippen molar-refractivity contribution in [1.82, 2.24) is 15.5 Å². The lowest BCUT2D eigenvalue weighted by Crippen LogP contribution is -2.51. The molecule has 3 N–H and O–H groups in total. The normalized spacial score (nSPS) is 11.9. The van der Waals surface area contributed by atoms with E-state index in [4.69, 9.17) is 4.52 Å². The molecule has 0 unspecified atom stereocenters. The van der Waals surface area contributed by atoms with Crippen LogP contribution in [0.4, 0.5) is 13.2 Å². The highest BCUT2D eigenvalue weighted by Crippen LogP contribution is 2.27. The van der Waals surface area contributed by atoms with E-state index in [2.05, 4.69) is 20.2 Å². The smallest absolute Gasteiger partial charge is 0.406 e. The molecule has 3 aromatic rings. The Labute approximate surface area is 174 Å². The molecule has 0 aliphatic rings. The van der Waals surface area contributed by atoms with Gasteiger partial charge in [0.1, 0.15) is 5.75 Å². The van der Waals surface area contributed by atoms with Crippen LogP contribution >= 0.6 is 0 Å². The van der Waals surface area contributed by atoms with Gasteiger partial charge in [-0.2, -0.15) is 4.98 Å². The number of hydrogen-bond acceptors (Lipinski definition) is 7. The third-order valence-electron chi connectivity index (χ3n) is 4.39. The number of nitrogens with zero attached hydrogens (tertiary/aromatic N) is 2. The predicted octanol–water partition coefficient (Wildman–Crippen LogP) is 2.55. The zero-order chi connectivity index (χ0) is 22.6. The molecule has 0 fully saturated rings. The quantitative estimate of drug-likeness (QED) is 0.520. The van der Waals surface area contributed by atoms with Crippen LogP contribution in [0.25, 0.3) is 11.4 Å². The van der Waals surface area contributed by atoms with Gasteiger partial charge in [0.2, 0.25) is 5.82 Å². The average molecular weight is 437 g/mol. The molecule has 0 bridgehead atoms. The summed E-state index contributed by atoms with van der Waals surface area (Å²) in [5.41, 5.74) is -0.247. The van der Waals surface area contributed by atoms with Gasteiger partial charge in [-0.1, -0.05) is 22.9 Å². The zero-order valence-corrected chi connectivity index (χ0v) is 16.2. The Hall–Kier alpha value is -3.44. The van der Waals surface area contributed by atoms with E-state index in [-0.39, 0.29) is 17.3 Å². The van der Waals surface area contributed by atoms with Gasteiger partial charge in [-0.3, -0.25) is 4.79 Å². The first kappa shape index (κ1) is 22.2. The minimum absolute atomic E-state index is 0.0237. The largest absolute Gasteiger partial charge is 0.573 e. The lowest BCUT2D eigenvalue weighted by atomic mass is 10.0. The van der Waals surface area contributed by atoms with Crippen LogP contribution in [0, 0.1) is 6.92 Å². The number of aromatic nitrogens is 2. The standard InChI is InChI=1S/C20H18F3N3O5/c1-12-2-4-14(5-3-12)17(29)25-19(10-27,11-28)18-24-16(26-31-18)13-6-8-15(9-7-13)30-20(21,22)23/h2-9,27-28H,10-11H2,1H3,(H,25,29). The lowest BCUT2D eigenvalue weighted by molar-refractivity contribution is -0.274. The van der Waals surface area contributed by atoms with Crippen LogP contribution in [0.3, 0.4) is 0 Å². The number of carbonyl (C=O) groups is 1. The molecular formula is C20H18F3N3O5. The van der Waals surface area contributed by atoms with Crippen LogP contribution in [-0.4, -0.2) is 45.8 Å². The topological polar surface area (TPSA) is 118 Å². The van der Waals surface area contributed by atoms with Crippen LogP contribution in [0.2, 0.25) is 0 Å². The lowest BCUT2D eigenvalue weighted by Gasteiger charge is -2.26. The van der Waals surface area contributed by atoms with Crippen molar-refractivity contribution in [2.75, 3.05) is 13.2 Å². The molecule has 3 rings (SSSR count). The summed E-state index contributed by atoms with van der Waals surface area (Å²) in [6.07, 6.45) is -4.82. The van der Waals surface area contributed by atoms with Gasteiger partial charge in [-0.15, -0.1) is 13.2 Å². The number of carbonyl (C=O) groups excluding carboxylic acids is 1. The summed E-state index contributed by atoms with van der Waals surface area (Å²) >= 11 is 0. The summed E-state index contributed by atoms with van der Waals surface area (Å²) in [4.78, 5) is 16.6. The summed E-state index contributed by atoms with van der Waals surface area (Å²) in [5, 5.41) is 26.0. The number of amides is 1. The highest BCUT2D eigenvalue weighted by atomic mass is 19.4. The van der Waals surface area contributed by atoms with Crippen molar-refractivity contribution in [3.63, 3.8) is 0 Å². The SMILES string of the molecule is Cc1ccc(C(=O)NC(CO)(CO)c2nc(-c3ccc(OC(F)(F)F)cc3)no2)cc1. The number of rotatable bonds is 7. The van der Waals surface area contributed by atoms with E-state index in [0.29, 0.717) is 5.56 Å². The van der Waals surface area contributed by atoms with Gasteiger partial charge in [0, 0.05) is 11.1 Å². The molecule has 0 spiro atoms. The number of aliphatic hydroxyl groups is 2. The second-order valence-corrected chi connectivity index (χ2v) is 6.71. The van der Waals surface area contributed by atoms with Gasteiger partial charge >= 0.3 is 6.36 Å². The van der Waals surface area contributed by atoms with Crippen molar-refractivity contribution in [3.8, 4) is 17.1 Å². The Kier molecular flexibility index (Phi) is 6.27. The average Bonchev–Trinajstić information content (AvgIpc) is 3.22. The summed E-state index contributed by atoms with van der Waals surface area (Å²) in [7, 11) is 0. The second-order valence-electron chi connectivity index (χ2n) is 6.71. The van der Waals surface area contributed by atoms with Crippen molar-refractivity contribution in [3.05, 3.63) is 65.5 Å². The summed E-state index contributed by atoms with van der Waals surface area (Å²) in [5.74, 6) is -1.31. The Morgan fingerprint density at radius 2 is 1.68 bits per heavy atom. The highest BCUT2D eigenvalue weighted by molar-refractivity contribution is 5.94. The Bertz CT molecular complexity index is 1030. The molecular weight excluding hydrogens is 419 g/mol. The number of hydrogen-bond donors (Lipinski definition) is 3. The Balaban J connectivity index is 1.83. The Morgan fingerprint density at radius 3 is 2.23 bits per heavy atom. The summed E-state index contributed by atoms with van der Waals surface area (Å²) in [6.45, 7) is 0.359. The molecule has 1 heterocycles. The van der Waals surface area contributed by atoms with Crippen LogP contribution < -0.4 is 10.1 Å². The molecule has 31 heavy (non-hydrogen) atoms. The minimum Gasteiger partial charge on any atom is -0.406 e. The van der Waals surface area contributed by atoms with Crippen LogP contribution in [-0.2, 0) is 5.54 Å². The monoisotopic (exact) mass is 437 g/mol. The van der Waals surface area contributed by atoms with E-state index in [9.17, 15) is 28.2 Å². The number of aryl methyl sites for hydroxylation is 1. The first-order valence-electron chi connectivity index (χ1n) is 8.97. The first-order chi connectivity index (χ1) is 14.7. The maximum Gasteiger partial charge on any atom is 0.573 e.